The van der Waals surface area contributed by atoms with Crippen molar-refractivity contribution in [2.45, 2.75) is 32.7 Å². The number of nitrogens with zero attached hydrogens (tertiary/aromatic N) is 3. The molecule has 4 heteroatoms. The van der Waals surface area contributed by atoms with Gasteiger partial charge in [-0.15, -0.1) is 0 Å². The van der Waals surface area contributed by atoms with E-state index >= 15 is 0 Å². The van der Waals surface area contributed by atoms with Gasteiger partial charge in [0.25, 0.3) is 5.01 Å². The zero-order valence-electron chi connectivity index (χ0n) is 20.1. The van der Waals surface area contributed by atoms with Crippen LogP contribution in [0.4, 0.5) is 5.69 Å². The van der Waals surface area contributed by atoms with Gasteiger partial charge < -0.3 is 9.80 Å². The molecule has 0 unspecified atom stereocenters. The molecule has 0 bridgehead atoms. The third-order valence-corrected chi connectivity index (χ3v) is 7.43. The number of anilines is 1. The summed E-state index contributed by atoms with van der Waals surface area (Å²) in [4.78, 5) is 4.55. The van der Waals surface area contributed by atoms with Crippen LogP contribution in [0, 0.1) is 6.92 Å². The largest absolute Gasteiger partial charge is 0.347 e. The molecule has 4 rings (SSSR count). The molecule has 0 aliphatic carbocycles. The summed E-state index contributed by atoms with van der Waals surface area (Å²) in [5, 5.41) is 1.29. The Bertz CT molecular complexity index is 1210. The van der Waals surface area contributed by atoms with Gasteiger partial charge in [0, 0.05) is 36.0 Å². The van der Waals surface area contributed by atoms with Gasteiger partial charge in [0.15, 0.2) is 6.54 Å². The molecular weight excluding hydrogens is 410 g/mol. The molecular formula is C28H34N3S+. The highest BCUT2D eigenvalue weighted by Crippen LogP contribution is 2.46. The zero-order valence-corrected chi connectivity index (χ0v) is 20.9. The van der Waals surface area contributed by atoms with E-state index in [0.29, 0.717) is 0 Å². The first-order chi connectivity index (χ1) is 15.3. The van der Waals surface area contributed by atoms with E-state index in [4.69, 9.17) is 0 Å². The first-order valence-corrected chi connectivity index (χ1v) is 12.1. The topological polar surface area (TPSA) is 10.4 Å². The molecule has 3 aromatic rings. The van der Waals surface area contributed by atoms with Crippen molar-refractivity contribution in [1.29, 1.82) is 0 Å². The third-order valence-electron chi connectivity index (χ3n) is 6.31. The van der Waals surface area contributed by atoms with Gasteiger partial charge in [0.2, 0.25) is 5.52 Å². The van der Waals surface area contributed by atoms with Gasteiger partial charge in [-0.25, -0.2) is 0 Å². The molecule has 0 radical (unpaired) electrons. The highest BCUT2D eigenvalue weighted by molar-refractivity contribution is 7.18. The predicted molar refractivity (Wildman–Crippen MR) is 139 cm³/mol. The lowest BCUT2D eigenvalue weighted by Gasteiger charge is -2.23. The predicted octanol–water partition coefficient (Wildman–Crippen LogP) is 5.94. The normalized spacial score (nSPS) is 17.0. The van der Waals surface area contributed by atoms with Gasteiger partial charge in [-0.3, -0.25) is 0 Å². The van der Waals surface area contributed by atoms with Crippen LogP contribution in [0.15, 0.2) is 72.5 Å². The molecule has 2 heterocycles. The first-order valence-electron chi connectivity index (χ1n) is 11.3. The van der Waals surface area contributed by atoms with Crippen molar-refractivity contribution in [2.24, 2.45) is 0 Å². The van der Waals surface area contributed by atoms with Crippen LogP contribution in [0.5, 0.6) is 0 Å². The number of aryl methyl sites for hydroxylation is 1. The summed E-state index contributed by atoms with van der Waals surface area (Å²) >= 11 is 1.86. The number of rotatable bonds is 6. The molecule has 1 aromatic heterocycles. The molecule has 0 fully saturated rings. The van der Waals surface area contributed by atoms with Crippen LogP contribution in [0.2, 0.25) is 0 Å². The number of hydrogen-bond donors (Lipinski definition) is 0. The lowest BCUT2D eigenvalue weighted by Crippen LogP contribution is -2.39. The minimum absolute atomic E-state index is 0.0118. The van der Waals surface area contributed by atoms with Crippen LogP contribution in [0.1, 0.15) is 30.0 Å². The van der Waals surface area contributed by atoms with Crippen LogP contribution < -0.4 is 9.47 Å². The summed E-state index contributed by atoms with van der Waals surface area (Å²) in [5.74, 6) is 0. The quantitative estimate of drug-likeness (QED) is 0.344. The summed E-state index contributed by atoms with van der Waals surface area (Å²) in [6, 6.07) is 15.4. The molecule has 0 saturated heterocycles. The van der Waals surface area contributed by atoms with E-state index in [-0.39, 0.29) is 5.41 Å². The minimum Gasteiger partial charge on any atom is -0.347 e. The first kappa shape index (κ1) is 22.5. The Hall–Kier alpha value is -2.69. The summed E-state index contributed by atoms with van der Waals surface area (Å²) in [6.07, 6.45) is 11.0. The van der Waals surface area contributed by atoms with Crippen LogP contribution >= 0.6 is 11.3 Å². The number of aromatic nitrogens is 1. The third kappa shape index (κ3) is 4.30. The second-order valence-electron chi connectivity index (χ2n) is 9.36. The molecule has 0 saturated carbocycles. The van der Waals surface area contributed by atoms with E-state index in [2.05, 4.69) is 129 Å². The maximum atomic E-state index is 2.44. The Balaban J connectivity index is 1.57. The van der Waals surface area contributed by atoms with Crippen molar-refractivity contribution in [1.82, 2.24) is 4.90 Å². The number of allylic oxidation sites excluding steroid dienone is 5. The Morgan fingerprint density at radius 2 is 1.84 bits per heavy atom. The highest BCUT2D eigenvalue weighted by atomic mass is 32.1. The molecule has 0 atom stereocenters. The molecule has 0 spiro atoms. The van der Waals surface area contributed by atoms with E-state index in [9.17, 15) is 0 Å². The molecule has 32 heavy (non-hydrogen) atoms. The van der Waals surface area contributed by atoms with Crippen molar-refractivity contribution >= 4 is 33.3 Å². The van der Waals surface area contributed by atoms with Crippen LogP contribution in [-0.2, 0) is 12.0 Å². The molecule has 0 N–H and O–H groups in total. The Kier molecular flexibility index (Phi) is 6.36. The minimum atomic E-state index is 0.0118. The standard InChI is InChI=1S/C28H34N3S/c1-21-16-17-24-25(20-21)32-27(31(24)19-18-29(4)5)15-9-7-8-14-26-28(2,3)22-12-10-11-13-23(22)30(26)6/h7-17,20H,18-19H2,1-6H3/q+1. The van der Waals surface area contributed by atoms with Crippen LogP contribution in [0.25, 0.3) is 16.3 Å². The molecule has 0 amide bonds. The fourth-order valence-electron chi connectivity index (χ4n) is 4.52. The van der Waals surface area contributed by atoms with Crippen LogP contribution in [0.3, 0.4) is 0 Å². The highest BCUT2D eigenvalue weighted by Gasteiger charge is 2.37. The molecule has 2 aromatic carbocycles. The lowest BCUT2D eigenvalue weighted by molar-refractivity contribution is -0.668. The maximum absolute atomic E-state index is 2.44. The summed E-state index contributed by atoms with van der Waals surface area (Å²) in [6.45, 7) is 8.78. The molecule has 1 aliphatic rings. The smallest absolute Gasteiger partial charge is 0.262 e. The average Bonchev–Trinajstić information content (AvgIpc) is 3.18. The Labute approximate surface area is 196 Å². The van der Waals surface area contributed by atoms with Gasteiger partial charge >= 0.3 is 0 Å². The SMILES string of the molecule is Cc1ccc2c(c1)sc(/C=C/C=C/C=C1/N(C)c3ccccc3C1(C)C)[n+]2CCN(C)C. The van der Waals surface area contributed by atoms with Crippen molar-refractivity contribution in [3.05, 3.63) is 88.6 Å². The number of fused-ring (bicyclic) bond motifs is 2. The summed E-state index contributed by atoms with van der Waals surface area (Å²) in [7, 11) is 6.42. The van der Waals surface area contributed by atoms with E-state index in [0.717, 1.165) is 13.1 Å². The van der Waals surface area contributed by atoms with Crippen molar-refractivity contribution < 1.29 is 4.57 Å². The van der Waals surface area contributed by atoms with E-state index in [1.807, 2.05) is 11.3 Å². The second-order valence-corrected chi connectivity index (χ2v) is 10.4. The fourth-order valence-corrected chi connectivity index (χ4v) is 5.72. The van der Waals surface area contributed by atoms with Gasteiger partial charge in [-0.05, 0) is 50.4 Å². The number of benzene rings is 2. The lowest BCUT2D eigenvalue weighted by atomic mass is 9.84. The van der Waals surface area contributed by atoms with Gasteiger partial charge in [0.05, 0.1) is 6.54 Å². The average molecular weight is 445 g/mol. The van der Waals surface area contributed by atoms with E-state index in [1.165, 1.54) is 37.7 Å². The zero-order chi connectivity index (χ0) is 22.9. The number of likely N-dealkylation sites (N-methyl/N-ethyl adjacent to an activating group) is 2. The fraction of sp³-hybridized carbons (Fsp3) is 0.321. The monoisotopic (exact) mass is 444 g/mol. The molecule has 166 valence electrons. The van der Waals surface area contributed by atoms with Crippen molar-refractivity contribution in [2.75, 3.05) is 32.6 Å². The summed E-state index contributed by atoms with van der Waals surface area (Å²) < 4.78 is 3.79. The van der Waals surface area contributed by atoms with Crippen molar-refractivity contribution in [3.63, 3.8) is 0 Å². The summed E-state index contributed by atoms with van der Waals surface area (Å²) in [5.41, 5.74) is 6.65. The Morgan fingerprint density at radius 1 is 1.06 bits per heavy atom. The molecule has 3 nitrogen and oxygen atoms in total. The Morgan fingerprint density at radius 3 is 2.59 bits per heavy atom. The van der Waals surface area contributed by atoms with Crippen LogP contribution in [-0.4, -0.2) is 32.6 Å². The number of thiazole rings is 1. The number of para-hydroxylation sites is 1. The van der Waals surface area contributed by atoms with Gasteiger partial charge in [-0.2, -0.15) is 4.57 Å². The van der Waals surface area contributed by atoms with E-state index in [1.54, 1.807) is 0 Å². The van der Waals surface area contributed by atoms with E-state index < -0.39 is 0 Å². The van der Waals surface area contributed by atoms with Gasteiger partial charge in [0.1, 0.15) is 4.70 Å². The van der Waals surface area contributed by atoms with Crippen molar-refractivity contribution in [3.8, 4) is 0 Å². The second kappa shape index (κ2) is 9.05. The molecule has 1 aliphatic heterocycles. The number of hydrogen-bond acceptors (Lipinski definition) is 3. The van der Waals surface area contributed by atoms with Gasteiger partial charge in [-0.1, -0.05) is 67.7 Å². The maximum Gasteiger partial charge on any atom is 0.262 e.